The quantitative estimate of drug-likeness (QED) is 0.762. The van der Waals surface area contributed by atoms with Gasteiger partial charge in [-0.15, -0.1) is 0 Å². The highest BCUT2D eigenvalue weighted by Gasteiger charge is 2.01. The second-order valence-electron chi connectivity index (χ2n) is 3.63. The Bertz CT molecular complexity index is 281. The molecule has 0 atom stereocenters. The lowest BCUT2D eigenvalue weighted by atomic mass is 10.5. The number of amides is 1. The van der Waals surface area contributed by atoms with Crippen molar-refractivity contribution in [1.29, 1.82) is 0 Å². The van der Waals surface area contributed by atoms with Crippen LogP contribution in [0.3, 0.4) is 0 Å². The molecule has 0 aliphatic heterocycles. The first kappa shape index (κ1) is 11.8. The average Bonchev–Trinajstić information content (AvgIpc) is 2.67. The Morgan fingerprint density at radius 1 is 1.40 bits per heavy atom. The molecule has 0 radical (unpaired) electrons. The summed E-state index contributed by atoms with van der Waals surface area (Å²) < 4.78 is 7.19. The van der Waals surface area contributed by atoms with E-state index in [2.05, 4.69) is 5.32 Å². The van der Waals surface area contributed by atoms with Crippen LogP contribution >= 0.6 is 0 Å². The molecule has 0 aliphatic rings. The molecule has 4 nitrogen and oxygen atoms in total. The van der Waals surface area contributed by atoms with Crippen LogP contribution in [0.15, 0.2) is 24.5 Å². The highest BCUT2D eigenvalue weighted by Crippen LogP contribution is 1.89. The standard InChI is InChI=1S/C11H18N2O2/c1-10(2)15-9-11(14)12-5-8-13-6-3-4-7-13/h3-4,6-7,10H,5,8-9H2,1-2H3,(H,12,14). The summed E-state index contributed by atoms with van der Waals surface area (Å²) in [6.45, 7) is 5.39. The zero-order valence-corrected chi connectivity index (χ0v) is 9.27. The number of nitrogens with zero attached hydrogens (tertiary/aromatic N) is 1. The van der Waals surface area contributed by atoms with Crippen molar-refractivity contribution in [3.05, 3.63) is 24.5 Å². The van der Waals surface area contributed by atoms with E-state index in [4.69, 9.17) is 4.74 Å². The topological polar surface area (TPSA) is 43.3 Å². The molecule has 0 fully saturated rings. The highest BCUT2D eigenvalue weighted by molar-refractivity contribution is 5.77. The molecule has 0 unspecified atom stereocenters. The molecule has 0 spiro atoms. The predicted molar refractivity (Wildman–Crippen MR) is 58.5 cm³/mol. The lowest BCUT2D eigenvalue weighted by molar-refractivity contribution is -0.127. The van der Waals surface area contributed by atoms with Gasteiger partial charge in [-0.2, -0.15) is 0 Å². The first-order valence-corrected chi connectivity index (χ1v) is 5.17. The van der Waals surface area contributed by atoms with Crippen LogP contribution in [0.1, 0.15) is 13.8 Å². The van der Waals surface area contributed by atoms with Crippen LogP contribution in [0.4, 0.5) is 0 Å². The molecule has 0 bridgehead atoms. The van der Waals surface area contributed by atoms with Crippen LogP contribution in [0.25, 0.3) is 0 Å². The second kappa shape index (κ2) is 6.24. The zero-order valence-electron chi connectivity index (χ0n) is 9.27. The first-order chi connectivity index (χ1) is 7.18. The van der Waals surface area contributed by atoms with Gasteiger partial charge in [0.2, 0.25) is 5.91 Å². The van der Waals surface area contributed by atoms with Gasteiger partial charge in [-0.1, -0.05) is 0 Å². The number of ether oxygens (including phenoxy) is 1. The van der Waals surface area contributed by atoms with Gasteiger partial charge in [0.25, 0.3) is 0 Å². The molecule has 1 heterocycles. The van der Waals surface area contributed by atoms with Gasteiger partial charge in [-0.3, -0.25) is 4.79 Å². The number of hydrogen-bond donors (Lipinski definition) is 1. The summed E-state index contributed by atoms with van der Waals surface area (Å²) >= 11 is 0. The third-order valence-electron chi connectivity index (χ3n) is 1.91. The zero-order chi connectivity index (χ0) is 11.1. The van der Waals surface area contributed by atoms with Crippen LogP contribution in [-0.2, 0) is 16.1 Å². The normalized spacial score (nSPS) is 10.6. The monoisotopic (exact) mass is 210 g/mol. The van der Waals surface area contributed by atoms with Crippen LogP contribution in [0.2, 0.25) is 0 Å². The molecule has 1 rings (SSSR count). The summed E-state index contributed by atoms with van der Waals surface area (Å²) in [5, 5.41) is 2.79. The van der Waals surface area contributed by atoms with Crippen molar-refractivity contribution in [1.82, 2.24) is 9.88 Å². The molecule has 1 aromatic rings. The number of carbonyl (C=O) groups is 1. The van der Waals surface area contributed by atoms with Gasteiger partial charge < -0.3 is 14.6 Å². The number of nitrogens with one attached hydrogen (secondary N) is 1. The fraction of sp³-hybridized carbons (Fsp3) is 0.545. The first-order valence-electron chi connectivity index (χ1n) is 5.17. The number of rotatable bonds is 6. The Kier molecular flexibility index (Phi) is 4.90. The maximum absolute atomic E-state index is 11.2. The average molecular weight is 210 g/mol. The summed E-state index contributed by atoms with van der Waals surface area (Å²) in [4.78, 5) is 11.2. The van der Waals surface area contributed by atoms with E-state index in [-0.39, 0.29) is 18.6 Å². The van der Waals surface area contributed by atoms with Crippen molar-refractivity contribution in [3.63, 3.8) is 0 Å². The molecule has 0 aromatic carbocycles. The van der Waals surface area contributed by atoms with Crippen molar-refractivity contribution in [2.75, 3.05) is 13.2 Å². The third-order valence-corrected chi connectivity index (χ3v) is 1.91. The van der Waals surface area contributed by atoms with Gasteiger partial charge in [-0.25, -0.2) is 0 Å². The van der Waals surface area contributed by atoms with E-state index in [0.717, 1.165) is 6.54 Å². The van der Waals surface area contributed by atoms with Crippen LogP contribution in [0.5, 0.6) is 0 Å². The molecule has 0 aliphatic carbocycles. The van der Waals surface area contributed by atoms with Gasteiger partial charge in [-0.05, 0) is 26.0 Å². The molecule has 0 saturated carbocycles. The second-order valence-corrected chi connectivity index (χ2v) is 3.63. The van der Waals surface area contributed by atoms with Gasteiger partial charge in [0, 0.05) is 25.5 Å². The number of hydrogen-bond acceptors (Lipinski definition) is 2. The fourth-order valence-corrected chi connectivity index (χ4v) is 1.14. The minimum Gasteiger partial charge on any atom is -0.369 e. The lowest BCUT2D eigenvalue weighted by Gasteiger charge is -2.08. The van der Waals surface area contributed by atoms with Crippen molar-refractivity contribution in [2.24, 2.45) is 0 Å². The Morgan fingerprint density at radius 3 is 2.67 bits per heavy atom. The predicted octanol–water partition coefficient (Wildman–Crippen LogP) is 1.03. The Hall–Kier alpha value is -1.29. The number of aromatic nitrogens is 1. The van der Waals surface area contributed by atoms with Gasteiger partial charge in [0.05, 0.1) is 6.10 Å². The van der Waals surface area contributed by atoms with E-state index in [0.29, 0.717) is 6.54 Å². The summed E-state index contributed by atoms with van der Waals surface area (Å²) in [5.74, 6) is -0.0594. The van der Waals surface area contributed by atoms with Gasteiger partial charge in [0.1, 0.15) is 6.61 Å². The molecule has 15 heavy (non-hydrogen) atoms. The van der Waals surface area contributed by atoms with Crippen molar-refractivity contribution >= 4 is 5.91 Å². The van der Waals surface area contributed by atoms with E-state index in [1.165, 1.54) is 0 Å². The number of carbonyl (C=O) groups excluding carboxylic acids is 1. The maximum Gasteiger partial charge on any atom is 0.246 e. The van der Waals surface area contributed by atoms with E-state index >= 15 is 0 Å². The molecular weight excluding hydrogens is 192 g/mol. The van der Waals surface area contributed by atoms with E-state index < -0.39 is 0 Å². The minimum atomic E-state index is -0.0594. The van der Waals surface area contributed by atoms with Crippen LogP contribution in [0, 0.1) is 0 Å². The van der Waals surface area contributed by atoms with Gasteiger partial charge in [0.15, 0.2) is 0 Å². The highest BCUT2D eigenvalue weighted by atomic mass is 16.5. The molecular formula is C11H18N2O2. The SMILES string of the molecule is CC(C)OCC(=O)NCCn1cccc1. The minimum absolute atomic E-state index is 0.0594. The molecule has 4 heteroatoms. The largest absolute Gasteiger partial charge is 0.369 e. The smallest absolute Gasteiger partial charge is 0.246 e. The summed E-state index contributed by atoms with van der Waals surface area (Å²) in [6.07, 6.45) is 4.04. The molecule has 1 aromatic heterocycles. The van der Waals surface area contributed by atoms with Crippen LogP contribution in [-0.4, -0.2) is 29.7 Å². The molecule has 1 amide bonds. The van der Waals surface area contributed by atoms with Crippen molar-refractivity contribution in [3.8, 4) is 0 Å². The Balaban J connectivity index is 2.07. The van der Waals surface area contributed by atoms with E-state index in [1.54, 1.807) is 0 Å². The van der Waals surface area contributed by atoms with E-state index in [9.17, 15) is 4.79 Å². The summed E-state index contributed by atoms with van der Waals surface area (Å²) in [6, 6.07) is 3.92. The van der Waals surface area contributed by atoms with E-state index in [1.807, 2.05) is 42.9 Å². The van der Waals surface area contributed by atoms with Crippen molar-refractivity contribution in [2.45, 2.75) is 26.5 Å². The van der Waals surface area contributed by atoms with Gasteiger partial charge >= 0.3 is 0 Å². The molecule has 84 valence electrons. The maximum atomic E-state index is 11.2. The Labute approximate surface area is 90.2 Å². The summed E-state index contributed by atoms with van der Waals surface area (Å²) in [5.41, 5.74) is 0. The third kappa shape index (κ3) is 5.22. The molecule has 0 saturated heterocycles. The Morgan fingerprint density at radius 2 is 2.07 bits per heavy atom. The van der Waals surface area contributed by atoms with Crippen LogP contribution < -0.4 is 5.32 Å². The molecule has 1 N–H and O–H groups in total. The fourth-order valence-electron chi connectivity index (χ4n) is 1.14. The summed E-state index contributed by atoms with van der Waals surface area (Å²) in [7, 11) is 0. The van der Waals surface area contributed by atoms with Crippen molar-refractivity contribution < 1.29 is 9.53 Å². The lowest BCUT2D eigenvalue weighted by Crippen LogP contribution is -2.31.